The van der Waals surface area contributed by atoms with Crippen LogP contribution >= 0.6 is 15.6 Å². The maximum absolute atomic E-state index is 13.1. The largest absolute Gasteiger partial charge is 0.472 e. The average Bonchev–Trinajstić information content (AvgIpc) is 3.00. The lowest BCUT2D eigenvalue weighted by Gasteiger charge is -2.21. The van der Waals surface area contributed by atoms with Crippen LogP contribution in [0.2, 0.25) is 0 Å². The zero-order valence-electron chi connectivity index (χ0n) is 63.2. The van der Waals surface area contributed by atoms with Crippen LogP contribution in [0.25, 0.3) is 0 Å². The van der Waals surface area contributed by atoms with Crippen molar-refractivity contribution in [2.45, 2.75) is 432 Å². The molecule has 0 heterocycles. The molecule has 0 saturated heterocycles. The SMILES string of the molecule is CCCCCCCCCCCCCCCCCCCCCC(=O)O[C@H](COC(=O)CCCCCCCCCCCCCCCCCC(C)C)COP(=O)(O)OC[C@@H](O)COP(=O)(O)OC[C@@H](COC(=O)CCCCCCCCC)OC(=O)CCCCCCCCCCCCCCC. The fourth-order valence-electron chi connectivity index (χ4n) is 12.1. The Kier molecular flexibility index (Phi) is 69.6. The van der Waals surface area contributed by atoms with E-state index in [9.17, 15) is 43.2 Å². The Hall–Kier alpha value is -1.94. The van der Waals surface area contributed by atoms with Gasteiger partial charge in [0.15, 0.2) is 12.2 Å². The molecule has 3 N–H and O–H groups in total. The van der Waals surface area contributed by atoms with Gasteiger partial charge in [-0.3, -0.25) is 37.3 Å². The van der Waals surface area contributed by atoms with Crippen LogP contribution in [0, 0.1) is 5.92 Å². The van der Waals surface area contributed by atoms with E-state index in [4.69, 9.17) is 37.0 Å². The molecule has 2 unspecified atom stereocenters. The number of rotatable bonds is 78. The Labute approximate surface area is 594 Å². The fourth-order valence-corrected chi connectivity index (χ4v) is 13.6. The Morgan fingerprint density at radius 2 is 0.474 bits per heavy atom. The molecule has 0 aliphatic heterocycles. The van der Waals surface area contributed by atoms with Gasteiger partial charge in [-0.15, -0.1) is 0 Å². The van der Waals surface area contributed by atoms with Crippen LogP contribution < -0.4 is 0 Å². The van der Waals surface area contributed by atoms with Gasteiger partial charge in [0.1, 0.15) is 19.3 Å². The van der Waals surface area contributed by atoms with Crippen LogP contribution in [0.4, 0.5) is 0 Å². The number of carbonyl (C=O) groups excluding carboxylic acids is 4. The monoisotopic (exact) mass is 1420 g/mol. The molecule has 0 aliphatic carbocycles. The summed E-state index contributed by atoms with van der Waals surface area (Å²) < 4.78 is 68.5. The summed E-state index contributed by atoms with van der Waals surface area (Å²) >= 11 is 0. The van der Waals surface area contributed by atoms with E-state index in [1.807, 2.05) is 0 Å². The first kappa shape index (κ1) is 95.1. The molecule has 97 heavy (non-hydrogen) atoms. The Morgan fingerprint density at radius 1 is 0.278 bits per heavy atom. The number of hydrogen-bond donors (Lipinski definition) is 3. The van der Waals surface area contributed by atoms with Gasteiger partial charge in [0.25, 0.3) is 0 Å². The normalized spacial score (nSPS) is 13.9. The van der Waals surface area contributed by atoms with Crippen LogP contribution in [-0.2, 0) is 65.4 Å². The van der Waals surface area contributed by atoms with Crippen molar-refractivity contribution >= 4 is 39.5 Å². The maximum atomic E-state index is 13.1. The second kappa shape index (κ2) is 71.1. The molecular weight excluding hydrogens is 1270 g/mol. The summed E-state index contributed by atoms with van der Waals surface area (Å²) in [7, 11) is -9.91. The third kappa shape index (κ3) is 72.2. The number of hydrogen-bond acceptors (Lipinski definition) is 15. The van der Waals surface area contributed by atoms with Gasteiger partial charge in [-0.1, -0.05) is 362 Å². The molecule has 17 nitrogen and oxygen atoms in total. The van der Waals surface area contributed by atoms with E-state index in [1.54, 1.807) is 0 Å². The first-order valence-electron chi connectivity index (χ1n) is 40.6. The topological polar surface area (TPSA) is 237 Å². The van der Waals surface area contributed by atoms with Crippen molar-refractivity contribution in [1.29, 1.82) is 0 Å². The zero-order chi connectivity index (χ0) is 71.2. The number of carbonyl (C=O) groups is 4. The smallest absolute Gasteiger partial charge is 0.462 e. The van der Waals surface area contributed by atoms with Crippen molar-refractivity contribution < 1.29 is 80.2 Å². The van der Waals surface area contributed by atoms with Gasteiger partial charge >= 0.3 is 39.5 Å². The lowest BCUT2D eigenvalue weighted by atomic mass is 10.0. The highest BCUT2D eigenvalue weighted by atomic mass is 31.2. The van der Waals surface area contributed by atoms with Gasteiger partial charge < -0.3 is 33.8 Å². The van der Waals surface area contributed by atoms with E-state index in [1.165, 1.54) is 225 Å². The highest BCUT2D eigenvalue weighted by molar-refractivity contribution is 7.47. The lowest BCUT2D eigenvalue weighted by molar-refractivity contribution is -0.161. The molecule has 0 bridgehead atoms. The predicted octanol–water partition coefficient (Wildman–Crippen LogP) is 23.3. The second-order valence-corrected chi connectivity index (χ2v) is 31.5. The third-order valence-corrected chi connectivity index (χ3v) is 20.2. The molecule has 0 saturated carbocycles. The minimum absolute atomic E-state index is 0.108. The zero-order valence-corrected chi connectivity index (χ0v) is 65.0. The Morgan fingerprint density at radius 3 is 0.701 bits per heavy atom. The highest BCUT2D eigenvalue weighted by Crippen LogP contribution is 2.45. The molecule has 576 valence electrons. The molecule has 0 aromatic heterocycles. The van der Waals surface area contributed by atoms with E-state index >= 15 is 0 Å². The summed E-state index contributed by atoms with van der Waals surface area (Å²) in [6.45, 7) is 7.30. The van der Waals surface area contributed by atoms with E-state index in [0.29, 0.717) is 25.7 Å². The minimum Gasteiger partial charge on any atom is -0.462 e. The van der Waals surface area contributed by atoms with Crippen LogP contribution in [0.5, 0.6) is 0 Å². The molecule has 0 amide bonds. The molecule has 0 aromatic carbocycles. The quantitative estimate of drug-likeness (QED) is 0.0222. The number of aliphatic hydroxyl groups is 1. The second-order valence-electron chi connectivity index (χ2n) is 28.6. The van der Waals surface area contributed by atoms with Crippen molar-refractivity contribution in [2.75, 3.05) is 39.6 Å². The first-order valence-corrected chi connectivity index (χ1v) is 43.6. The van der Waals surface area contributed by atoms with Crippen LogP contribution in [-0.4, -0.2) is 96.7 Å². The minimum atomic E-state index is -4.96. The molecular formula is C78H152O17P2. The number of phosphoric ester groups is 2. The average molecular weight is 1420 g/mol. The highest BCUT2D eigenvalue weighted by Gasteiger charge is 2.30. The van der Waals surface area contributed by atoms with Gasteiger partial charge in [-0.25, -0.2) is 9.13 Å². The number of ether oxygens (including phenoxy) is 4. The van der Waals surface area contributed by atoms with E-state index in [0.717, 1.165) is 109 Å². The lowest BCUT2D eigenvalue weighted by Crippen LogP contribution is -2.30. The number of phosphoric acid groups is 2. The maximum Gasteiger partial charge on any atom is 0.472 e. The molecule has 19 heteroatoms. The van der Waals surface area contributed by atoms with E-state index < -0.39 is 97.5 Å². The predicted molar refractivity (Wildman–Crippen MR) is 395 cm³/mol. The van der Waals surface area contributed by atoms with Crippen molar-refractivity contribution in [3.63, 3.8) is 0 Å². The number of esters is 4. The summed E-state index contributed by atoms with van der Waals surface area (Å²) in [4.78, 5) is 72.7. The van der Waals surface area contributed by atoms with Crippen LogP contribution in [0.3, 0.4) is 0 Å². The van der Waals surface area contributed by atoms with Gasteiger partial charge in [-0.05, 0) is 31.6 Å². The summed E-state index contributed by atoms with van der Waals surface area (Å²) in [5.74, 6) is -1.31. The van der Waals surface area contributed by atoms with Gasteiger partial charge in [0.2, 0.25) is 0 Å². The van der Waals surface area contributed by atoms with Gasteiger partial charge in [0, 0.05) is 25.7 Å². The van der Waals surface area contributed by atoms with Gasteiger partial charge in [0.05, 0.1) is 26.4 Å². The molecule has 5 atom stereocenters. The molecule has 0 aromatic rings. The molecule has 0 aliphatic rings. The summed E-state index contributed by atoms with van der Waals surface area (Å²) in [5, 5.41) is 10.6. The molecule has 0 spiro atoms. The van der Waals surface area contributed by atoms with Crippen LogP contribution in [0.1, 0.15) is 413 Å². The van der Waals surface area contributed by atoms with Crippen molar-refractivity contribution in [3.05, 3.63) is 0 Å². The standard InChI is InChI=1S/C78H152O17P2/c1-6-9-12-15-18-20-22-24-25-26-27-28-31-36-40-44-49-54-59-64-78(83)95-74(68-89-76(81)62-57-52-47-42-38-35-32-29-30-34-37-41-46-50-55-60-71(4)5)70-93-97(86,87)91-66-72(79)65-90-96(84,85)92-69-73(67-88-75(80)61-56-51-45-17-14-11-8-3)94-77(82)63-58-53-48-43-39-33-23-21-19-16-13-10-7-2/h71-74,79H,6-70H2,1-5H3,(H,84,85)(H,86,87)/t72-,73+,74+/m0/s1. The number of unbranched alkanes of at least 4 members (excludes halogenated alkanes) is 50. The summed E-state index contributed by atoms with van der Waals surface area (Å²) in [6.07, 6.45) is 61.2. The van der Waals surface area contributed by atoms with Gasteiger partial charge in [-0.2, -0.15) is 0 Å². The summed E-state index contributed by atoms with van der Waals surface area (Å²) in [6, 6.07) is 0. The molecule has 0 rings (SSSR count). The summed E-state index contributed by atoms with van der Waals surface area (Å²) in [5.41, 5.74) is 0. The van der Waals surface area contributed by atoms with Crippen molar-refractivity contribution in [2.24, 2.45) is 5.92 Å². The van der Waals surface area contributed by atoms with E-state index in [-0.39, 0.29) is 25.7 Å². The molecule has 0 radical (unpaired) electrons. The van der Waals surface area contributed by atoms with Crippen LogP contribution in [0.15, 0.2) is 0 Å². The fraction of sp³-hybridized carbons (Fsp3) is 0.949. The first-order chi connectivity index (χ1) is 47.0. The molecule has 0 fully saturated rings. The van der Waals surface area contributed by atoms with Crippen molar-refractivity contribution in [1.82, 2.24) is 0 Å². The Balaban J connectivity index is 5.18. The Bertz CT molecular complexity index is 1860. The van der Waals surface area contributed by atoms with Crippen molar-refractivity contribution in [3.8, 4) is 0 Å². The number of aliphatic hydroxyl groups excluding tert-OH is 1. The van der Waals surface area contributed by atoms with E-state index in [2.05, 4.69) is 34.6 Å². The third-order valence-electron chi connectivity index (χ3n) is 18.3.